The van der Waals surface area contributed by atoms with E-state index in [0.717, 1.165) is 18.8 Å². The van der Waals surface area contributed by atoms with Crippen LogP contribution in [0.25, 0.3) is 0 Å². The molecule has 0 bridgehead atoms. The maximum absolute atomic E-state index is 5.86. The van der Waals surface area contributed by atoms with E-state index in [1.165, 1.54) is 31.4 Å². The van der Waals surface area contributed by atoms with Crippen LogP contribution in [-0.4, -0.2) is 18.1 Å². The van der Waals surface area contributed by atoms with E-state index in [1.807, 2.05) is 13.0 Å². The number of hydrogen-bond donors (Lipinski definition) is 0. The van der Waals surface area contributed by atoms with Crippen molar-refractivity contribution in [3.8, 4) is 0 Å². The van der Waals surface area contributed by atoms with Crippen molar-refractivity contribution in [3.05, 3.63) is 23.0 Å². The van der Waals surface area contributed by atoms with E-state index in [2.05, 4.69) is 16.0 Å². The van der Waals surface area contributed by atoms with Crippen LogP contribution < -0.4 is 4.90 Å². The van der Waals surface area contributed by atoms with Gasteiger partial charge in [-0.25, -0.2) is 4.98 Å². The van der Waals surface area contributed by atoms with Crippen LogP contribution in [0.3, 0.4) is 0 Å². The third-order valence-corrected chi connectivity index (χ3v) is 3.18. The Labute approximate surface area is 96.3 Å². The van der Waals surface area contributed by atoms with E-state index in [0.29, 0.717) is 5.15 Å². The second-order valence-corrected chi connectivity index (χ2v) is 4.53. The molecule has 1 aliphatic heterocycles. The molecule has 2 heterocycles. The van der Waals surface area contributed by atoms with Crippen LogP contribution in [-0.2, 0) is 0 Å². The van der Waals surface area contributed by atoms with Crippen LogP contribution in [0, 0.1) is 6.92 Å². The summed E-state index contributed by atoms with van der Waals surface area (Å²) in [4.78, 5) is 6.74. The molecule has 82 valence electrons. The van der Waals surface area contributed by atoms with Crippen molar-refractivity contribution >= 4 is 17.3 Å². The van der Waals surface area contributed by atoms with Gasteiger partial charge < -0.3 is 4.90 Å². The Morgan fingerprint density at radius 3 is 2.40 bits per heavy atom. The number of pyridine rings is 1. The lowest BCUT2D eigenvalue weighted by molar-refractivity contribution is 0.726. The predicted molar refractivity (Wildman–Crippen MR) is 64.7 cm³/mol. The molecule has 0 radical (unpaired) electrons. The molecule has 0 N–H and O–H groups in total. The summed E-state index contributed by atoms with van der Waals surface area (Å²) in [6.45, 7) is 4.35. The van der Waals surface area contributed by atoms with Gasteiger partial charge in [0.05, 0.1) is 11.4 Å². The average Bonchev–Trinajstić information content (AvgIpc) is 2.46. The second-order valence-electron chi connectivity index (χ2n) is 4.14. The number of halogens is 1. The minimum absolute atomic E-state index is 0.589. The Kier molecular flexibility index (Phi) is 3.47. The monoisotopic (exact) mass is 224 g/mol. The van der Waals surface area contributed by atoms with Crippen molar-refractivity contribution in [2.45, 2.75) is 32.6 Å². The lowest BCUT2D eigenvalue weighted by atomic mass is 10.2. The maximum Gasteiger partial charge on any atom is 0.129 e. The lowest BCUT2D eigenvalue weighted by Gasteiger charge is -2.23. The Balaban J connectivity index is 2.19. The molecule has 0 spiro atoms. The summed E-state index contributed by atoms with van der Waals surface area (Å²) in [6, 6.07) is 3.98. The molecule has 0 saturated carbocycles. The number of nitrogens with zero attached hydrogens (tertiary/aromatic N) is 2. The second kappa shape index (κ2) is 4.84. The average molecular weight is 225 g/mol. The lowest BCUT2D eigenvalue weighted by Crippen LogP contribution is -2.24. The van der Waals surface area contributed by atoms with Gasteiger partial charge in [0.15, 0.2) is 0 Å². The molecule has 0 aliphatic carbocycles. The smallest absolute Gasteiger partial charge is 0.129 e. The van der Waals surface area contributed by atoms with Crippen LogP contribution in [0.15, 0.2) is 12.1 Å². The first-order chi connectivity index (χ1) is 7.27. The maximum atomic E-state index is 5.86. The van der Waals surface area contributed by atoms with E-state index in [-0.39, 0.29) is 0 Å². The zero-order valence-corrected chi connectivity index (χ0v) is 9.93. The highest BCUT2D eigenvalue weighted by atomic mass is 35.5. The molecule has 0 amide bonds. The van der Waals surface area contributed by atoms with Crippen molar-refractivity contribution in [1.29, 1.82) is 0 Å². The Bertz CT molecular complexity index is 330. The van der Waals surface area contributed by atoms with E-state index in [4.69, 9.17) is 11.6 Å². The van der Waals surface area contributed by atoms with Gasteiger partial charge in [-0.2, -0.15) is 0 Å². The zero-order chi connectivity index (χ0) is 10.7. The van der Waals surface area contributed by atoms with E-state index < -0.39 is 0 Å². The van der Waals surface area contributed by atoms with Gasteiger partial charge >= 0.3 is 0 Å². The van der Waals surface area contributed by atoms with Crippen LogP contribution >= 0.6 is 11.6 Å². The molecule has 15 heavy (non-hydrogen) atoms. The van der Waals surface area contributed by atoms with Crippen molar-refractivity contribution in [2.75, 3.05) is 18.0 Å². The highest BCUT2D eigenvalue weighted by Gasteiger charge is 2.12. The first kappa shape index (κ1) is 10.7. The van der Waals surface area contributed by atoms with Crippen molar-refractivity contribution in [1.82, 2.24) is 4.98 Å². The Morgan fingerprint density at radius 1 is 1.13 bits per heavy atom. The highest BCUT2D eigenvalue weighted by Crippen LogP contribution is 2.23. The van der Waals surface area contributed by atoms with Gasteiger partial charge in [-0.1, -0.05) is 24.4 Å². The first-order valence-electron chi connectivity index (χ1n) is 5.65. The third kappa shape index (κ3) is 2.63. The van der Waals surface area contributed by atoms with E-state index in [1.54, 1.807) is 0 Å². The van der Waals surface area contributed by atoms with Crippen LogP contribution in [0.5, 0.6) is 0 Å². The van der Waals surface area contributed by atoms with Gasteiger partial charge in [0.2, 0.25) is 0 Å². The molecule has 1 aromatic rings. The molecular weight excluding hydrogens is 208 g/mol. The summed E-state index contributed by atoms with van der Waals surface area (Å²) in [5.74, 6) is 0. The fourth-order valence-electron chi connectivity index (χ4n) is 2.17. The number of rotatable bonds is 1. The highest BCUT2D eigenvalue weighted by molar-refractivity contribution is 6.29. The van der Waals surface area contributed by atoms with E-state index in [9.17, 15) is 0 Å². The molecule has 1 saturated heterocycles. The van der Waals surface area contributed by atoms with Gasteiger partial charge in [0.1, 0.15) is 5.15 Å². The largest absolute Gasteiger partial charge is 0.370 e. The van der Waals surface area contributed by atoms with Gasteiger partial charge in [-0.15, -0.1) is 0 Å². The summed E-state index contributed by atoms with van der Waals surface area (Å²) in [5.41, 5.74) is 2.30. The van der Waals surface area contributed by atoms with Gasteiger partial charge in [0, 0.05) is 13.1 Å². The first-order valence-corrected chi connectivity index (χ1v) is 6.03. The summed E-state index contributed by atoms with van der Waals surface area (Å²) in [5, 5.41) is 0.589. The molecular formula is C12H17ClN2. The van der Waals surface area contributed by atoms with Gasteiger partial charge in [-0.05, 0) is 31.9 Å². The zero-order valence-electron chi connectivity index (χ0n) is 9.17. The van der Waals surface area contributed by atoms with Crippen LogP contribution in [0.1, 0.15) is 31.4 Å². The number of anilines is 1. The molecule has 0 atom stereocenters. The SMILES string of the molecule is Cc1nc(Cl)ccc1N1CCCCCC1. The molecule has 1 aromatic heterocycles. The van der Waals surface area contributed by atoms with E-state index >= 15 is 0 Å². The third-order valence-electron chi connectivity index (χ3n) is 2.97. The normalized spacial score (nSPS) is 17.6. The molecule has 2 nitrogen and oxygen atoms in total. The summed E-state index contributed by atoms with van der Waals surface area (Å²) in [6.07, 6.45) is 5.30. The number of aryl methyl sites for hydroxylation is 1. The molecule has 1 aliphatic rings. The topological polar surface area (TPSA) is 16.1 Å². The van der Waals surface area contributed by atoms with Crippen molar-refractivity contribution < 1.29 is 0 Å². The molecule has 2 rings (SSSR count). The van der Waals surface area contributed by atoms with Gasteiger partial charge in [-0.3, -0.25) is 0 Å². The Hall–Kier alpha value is -0.760. The van der Waals surface area contributed by atoms with Crippen LogP contribution in [0.2, 0.25) is 5.15 Å². The molecule has 0 unspecified atom stereocenters. The fraction of sp³-hybridized carbons (Fsp3) is 0.583. The summed E-state index contributed by atoms with van der Waals surface area (Å²) < 4.78 is 0. The Morgan fingerprint density at radius 2 is 1.80 bits per heavy atom. The number of hydrogen-bond acceptors (Lipinski definition) is 2. The molecule has 1 fully saturated rings. The molecule has 0 aromatic carbocycles. The molecule has 3 heteroatoms. The quantitative estimate of drug-likeness (QED) is 0.680. The van der Waals surface area contributed by atoms with Crippen molar-refractivity contribution in [3.63, 3.8) is 0 Å². The fourth-order valence-corrected chi connectivity index (χ4v) is 2.36. The summed E-state index contributed by atoms with van der Waals surface area (Å²) >= 11 is 5.86. The standard InChI is InChI=1S/C12H17ClN2/c1-10-11(6-7-12(13)14-10)15-8-4-2-3-5-9-15/h6-7H,2-5,8-9H2,1H3. The van der Waals surface area contributed by atoms with Gasteiger partial charge in [0.25, 0.3) is 0 Å². The minimum atomic E-state index is 0.589. The minimum Gasteiger partial charge on any atom is -0.370 e. The number of aromatic nitrogens is 1. The van der Waals surface area contributed by atoms with Crippen LogP contribution in [0.4, 0.5) is 5.69 Å². The predicted octanol–water partition coefficient (Wildman–Crippen LogP) is 3.42. The van der Waals surface area contributed by atoms with Crippen molar-refractivity contribution in [2.24, 2.45) is 0 Å². The summed E-state index contributed by atoms with van der Waals surface area (Å²) in [7, 11) is 0.